The molecule has 0 radical (unpaired) electrons. The Kier molecular flexibility index (Phi) is 5.26. The molecule has 0 aromatic heterocycles. The van der Waals surface area contributed by atoms with Crippen LogP contribution in [0.25, 0.3) is 0 Å². The highest BCUT2D eigenvalue weighted by atomic mass is 16.3. The quantitative estimate of drug-likeness (QED) is 0.813. The van der Waals surface area contributed by atoms with Crippen molar-refractivity contribution < 1.29 is 14.7 Å². The Balaban J connectivity index is 1.16. The van der Waals surface area contributed by atoms with Crippen molar-refractivity contribution in [1.82, 2.24) is 9.80 Å². The Morgan fingerprint density at radius 3 is 2.23 bits per heavy atom. The van der Waals surface area contributed by atoms with Gasteiger partial charge in [-0.05, 0) is 80.4 Å². The largest absolute Gasteiger partial charge is 0.380 e. The van der Waals surface area contributed by atoms with E-state index in [4.69, 9.17) is 0 Å². The van der Waals surface area contributed by atoms with Crippen molar-refractivity contribution in [2.75, 3.05) is 26.2 Å². The molecular weight excluding hydrogens is 390 g/mol. The molecule has 1 saturated heterocycles. The molecule has 2 amide bonds. The molecule has 0 spiro atoms. The van der Waals surface area contributed by atoms with Crippen LogP contribution in [0.15, 0.2) is 24.3 Å². The summed E-state index contributed by atoms with van der Waals surface area (Å²) in [7, 11) is 0. The molecule has 4 aliphatic rings. The molecule has 3 saturated carbocycles. The van der Waals surface area contributed by atoms with Gasteiger partial charge in [-0.3, -0.25) is 9.59 Å². The van der Waals surface area contributed by atoms with Gasteiger partial charge in [0, 0.05) is 37.7 Å². The molecule has 1 aromatic carbocycles. The number of benzene rings is 1. The van der Waals surface area contributed by atoms with Crippen molar-refractivity contribution in [2.24, 2.45) is 17.8 Å². The summed E-state index contributed by atoms with van der Waals surface area (Å²) in [6, 6.07) is 10.6. The van der Waals surface area contributed by atoms with Gasteiger partial charge in [0.2, 0.25) is 0 Å². The van der Waals surface area contributed by atoms with Gasteiger partial charge < -0.3 is 14.9 Å². The van der Waals surface area contributed by atoms with Crippen molar-refractivity contribution in [3.8, 4) is 6.07 Å². The topological polar surface area (TPSA) is 84.6 Å². The van der Waals surface area contributed by atoms with Gasteiger partial charge in [0.1, 0.15) is 5.60 Å². The van der Waals surface area contributed by atoms with E-state index in [1.54, 1.807) is 4.90 Å². The zero-order chi connectivity index (χ0) is 21.6. The first-order chi connectivity index (χ1) is 15.0. The fourth-order valence-corrected chi connectivity index (χ4v) is 5.98. The summed E-state index contributed by atoms with van der Waals surface area (Å²) in [6.07, 6.45) is 6.80. The van der Waals surface area contributed by atoms with E-state index in [-0.39, 0.29) is 17.7 Å². The molecule has 3 aliphatic carbocycles. The smallest absolute Gasteiger partial charge is 0.254 e. The molecule has 1 N–H and O–H groups in total. The number of amides is 2. The second-order valence-electron chi connectivity index (χ2n) is 10.1. The van der Waals surface area contributed by atoms with Gasteiger partial charge in [-0.1, -0.05) is 12.1 Å². The predicted octanol–water partition coefficient (Wildman–Crippen LogP) is 2.93. The monoisotopic (exact) mass is 421 g/mol. The maximum absolute atomic E-state index is 12.9. The summed E-state index contributed by atoms with van der Waals surface area (Å²) in [4.78, 5) is 28.7. The van der Waals surface area contributed by atoms with Crippen LogP contribution in [-0.4, -0.2) is 58.5 Å². The Morgan fingerprint density at radius 2 is 1.58 bits per heavy atom. The van der Waals surface area contributed by atoms with Gasteiger partial charge in [0.25, 0.3) is 11.8 Å². The molecular formula is C25H31N3O3. The fraction of sp³-hybridized carbons (Fsp3) is 0.640. The molecule has 5 rings (SSSR count). The van der Waals surface area contributed by atoms with E-state index in [2.05, 4.69) is 18.2 Å². The number of rotatable bonds is 3. The van der Waals surface area contributed by atoms with Gasteiger partial charge in [0.15, 0.2) is 0 Å². The van der Waals surface area contributed by atoms with Crippen molar-refractivity contribution in [3.63, 3.8) is 0 Å². The molecule has 6 nitrogen and oxygen atoms in total. The minimum Gasteiger partial charge on any atom is -0.380 e. The zero-order valence-electron chi connectivity index (χ0n) is 18.0. The van der Waals surface area contributed by atoms with Crippen LogP contribution < -0.4 is 0 Å². The maximum Gasteiger partial charge on any atom is 0.254 e. The Morgan fingerprint density at radius 1 is 0.935 bits per heavy atom. The van der Waals surface area contributed by atoms with E-state index < -0.39 is 5.60 Å². The third-order valence-electron chi connectivity index (χ3n) is 8.10. The van der Waals surface area contributed by atoms with E-state index in [0.29, 0.717) is 56.4 Å². The number of piperazine rings is 1. The minimum atomic E-state index is -1.13. The van der Waals surface area contributed by atoms with Crippen molar-refractivity contribution in [3.05, 3.63) is 35.4 Å². The summed E-state index contributed by atoms with van der Waals surface area (Å²) in [6.45, 7) is 1.99. The predicted molar refractivity (Wildman–Crippen MR) is 115 cm³/mol. The number of nitriles is 1. The Hall–Kier alpha value is -2.39. The molecule has 6 heteroatoms. The van der Waals surface area contributed by atoms with Crippen LogP contribution in [0.2, 0.25) is 0 Å². The Bertz CT molecular complexity index is 894. The summed E-state index contributed by atoms with van der Waals surface area (Å²) < 4.78 is 0. The molecule has 4 fully saturated rings. The van der Waals surface area contributed by atoms with Crippen LogP contribution in [0, 0.1) is 29.1 Å². The molecule has 1 aromatic rings. The lowest BCUT2D eigenvalue weighted by molar-refractivity contribution is -0.143. The van der Waals surface area contributed by atoms with Gasteiger partial charge in [-0.25, -0.2) is 0 Å². The number of nitrogens with zero attached hydrogens (tertiary/aromatic N) is 3. The summed E-state index contributed by atoms with van der Waals surface area (Å²) in [5.41, 5.74) is 0.877. The van der Waals surface area contributed by atoms with Crippen LogP contribution in [0.3, 0.4) is 0 Å². The number of aliphatic hydroxyl groups is 1. The van der Waals surface area contributed by atoms with Crippen LogP contribution >= 0.6 is 0 Å². The second kappa shape index (κ2) is 7.94. The normalized spacial score (nSPS) is 31.6. The van der Waals surface area contributed by atoms with E-state index in [9.17, 15) is 20.0 Å². The molecule has 31 heavy (non-hydrogen) atoms. The van der Waals surface area contributed by atoms with Crippen molar-refractivity contribution >= 4 is 11.8 Å². The average molecular weight is 422 g/mol. The van der Waals surface area contributed by atoms with Crippen LogP contribution in [0.5, 0.6) is 0 Å². The van der Waals surface area contributed by atoms with Crippen molar-refractivity contribution in [1.29, 1.82) is 5.26 Å². The fourth-order valence-electron chi connectivity index (χ4n) is 5.98. The molecule has 1 heterocycles. The Labute approximate surface area is 183 Å². The van der Waals surface area contributed by atoms with E-state index in [1.807, 2.05) is 17.0 Å². The molecule has 0 bridgehead atoms. The highest BCUT2D eigenvalue weighted by molar-refractivity contribution is 5.94. The molecule has 164 valence electrons. The van der Waals surface area contributed by atoms with Crippen LogP contribution in [-0.2, 0) is 4.79 Å². The summed E-state index contributed by atoms with van der Waals surface area (Å²) >= 11 is 0. The standard InChI is InChI=1S/C25H31N3O3/c26-16-17-13-20-5-6-21(15-22(20)14-17)18-1-3-19(4-2-18)23(29)27-9-11-28(12-10-27)24(30)25(31)7-8-25/h1-4,17,20-22,31H,5-15H2. The molecule has 1 aliphatic heterocycles. The van der Waals surface area contributed by atoms with Crippen molar-refractivity contribution in [2.45, 2.75) is 56.5 Å². The number of carbonyl (C=O) groups is 2. The summed E-state index contributed by atoms with van der Waals surface area (Å²) in [5.74, 6) is 2.02. The molecule has 4 unspecified atom stereocenters. The van der Waals surface area contributed by atoms with E-state index >= 15 is 0 Å². The number of hydrogen-bond donors (Lipinski definition) is 1. The lowest BCUT2D eigenvalue weighted by Gasteiger charge is -2.36. The maximum atomic E-state index is 12.9. The van der Waals surface area contributed by atoms with Gasteiger partial charge in [-0.2, -0.15) is 5.26 Å². The van der Waals surface area contributed by atoms with Crippen LogP contribution in [0.1, 0.15) is 66.8 Å². The lowest BCUT2D eigenvalue weighted by atomic mass is 9.73. The number of carbonyl (C=O) groups excluding carboxylic acids is 2. The van der Waals surface area contributed by atoms with Gasteiger partial charge in [-0.15, -0.1) is 0 Å². The third kappa shape index (κ3) is 3.96. The lowest BCUT2D eigenvalue weighted by Crippen LogP contribution is -2.53. The summed E-state index contributed by atoms with van der Waals surface area (Å²) in [5, 5.41) is 19.3. The first-order valence-electron chi connectivity index (χ1n) is 11.8. The first-order valence-corrected chi connectivity index (χ1v) is 11.8. The van der Waals surface area contributed by atoms with Gasteiger partial charge >= 0.3 is 0 Å². The average Bonchev–Trinajstić information content (AvgIpc) is 3.43. The molecule has 4 atom stereocenters. The van der Waals surface area contributed by atoms with E-state index in [0.717, 1.165) is 18.8 Å². The number of hydrogen-bond acceptors (Lipinski definition) is 4. The zero-order valence-corrected chi connectivity index (χ0v) is 18.0. The highest BCUT2D eigenvalue weighted by Gasteiger charge is 2.50. The minimum absolute atomic E-state index is 0.0140. The number of fused-ring (bicyclic) bond motifs is 1. The first kappa shape index (κ1) is 20.5. The SMILES string of the molecule is N#CC1CC2CCC(c3ccc(C(=O)N4CCN(C(=O)C5(O)CC5)CC4)cc3)CC2C1. The second-order valence-corrected chi connectivity index (χ2v) is 10.1. The third-order valence-corrected chi connectivity index (χ3v) is 8.10. The van der Waals surface area contributed by atoms with E-state index in [1.165, 1.54) is 24.8 Å². The van der Waals surface area contributed by atoms with Crippen LogP contribution in [0.4, 0.5) is 0 Å². The van der Waals surface area contributed by atoms with Gasteiger partial charge in [0.05, 0.1) is 6.07 Å². The highest BCUT2D eigenvalue weighted by Crippen LogP contribution is 2.49.